The van der Waals surface area contributed by atoms with Gasteiger partial charge in [0.05, 0.1) is 0 Å². The first-order valence-electron chi connectivity index (χ1n) is 6.26. The predicted octanol–water partition coefficient (Wildman–Crippen LogP) is 3.54. The largest absolute Gasteiger partial charge is 0.303 e. The third-order valence-corrected chi connectivity index (χ3v) is 3.80. The molecule has 1 aliphatic heterocycles. The van der Waals surface area contributed by atoms with Gasteiger partial charge in [0.2, 0.25) is 0 Å². The van der Waals surface area contributed by atoms with Gasteiger partial charge in [-0.3, -0.25) is 0 Å². The molecular formula is C13H27N. The molecule has 0 spiro atoms. The highest BCUT2D eigenvalue weighted by Crippen LogP contribution is 2.25. The van der Waals surface area contributed by atoms with Crippen LogP contribution >= 0.6 is 0 Å². The predicted molar refractivity (Wildman–Crippen MR) is 63.5 cm³/mol. The Morgan fingerprint density at radius 1 is 1.36 bits per heavy atom. The molecule has 1 atom stereocenters. The summed E-state index contributed by atoms with van der Waals surface area (Å²) in [6.07, 6.45) is 5.51. The molecule has 0 bridgehead atoms. The second-order valence-electron chi connectivity index (χ2n) is 5.82. The van der Waals surface area contributed by atoms with Crippen LogP contribution in [0.5, 0.6) is 0 Å². The average molecular weight is 197 g/mol. The maximum absolute atomic E-state index is 2.66. The minimum absolute atomic E-state index is 0.542. The van der Waals surface area contributed by atoms with Crippen LogP contribution in [0, 0.1) is 11.3 Å². The fourth-order valence-corrected chi connectivity index (χ4v) is 2.13. The van der Waals surface area contributed by atoms with Crippen LogP contribution in [0.15, 0.2) is 0 Å². The SMILES string of the molecule is CCC(C)(C)CCN1CCC[C@@H](C)C1. The van der Waals surface area contributed by atoms with E-state index in [1.807, 2.05) is 0 Å². The van der Waals surface area contributed by atoms with Crippen LogP contribution in [0.3, 0.4) is 0 Å². The van der Waals surface area contributed by atoms with Gasteiger partial charge in [0.1, 0.15) is 0 Å². The van der Waals surface area contributed by atoms with E-state index in [4.69, 9.17) is 0 Å². The molecule has 1 saturated heterocycles. The number of nitrogens with zero attached hydrogens (tertiary/aromatic N) is 1. The second-order valence-corrected chi connectivity index (χ2v) is 5.82. The summed E-state index contributed by atoms with van der Waals surface area (Å²) < 4.78 is 0. The normalized spacial score (nSPS) is 25.3. The molecule has 0 aliphatic carbocycles. The lowest BCUT2D eigenvalue weighted by Gasteiger charge is -2.33. The lowest BCUT2D eigenvalue weighted by molar-refractivity contribution is 0.156. The highest BCUT2D eigenvalue weighted by molar-refractivity contribution is 4.73. The zero-order valence-electron chi connectivity index (χ0n) is 10.5. The van der Waals surface area contributed by atoms with Crippen molar-refractivity contribution in [2.45, 2.75) is 53.4 Å². The van der Waals surface area contributed by atoms with Gasteiger partial charge in [-0.2, -0.15) is 0 Å². The first kappa shape index (κ1) is 12.0. The molecule has 0 N–H and O–H groups in total. The Morgan fingerprint density at radius 2 is 2.07 bits per heavy atom. The zero-order valence-corrected chi connectivity index (χ0v) is 10.5. The van der Waals surface area contributed by atoms with E-state index >= 15 is 0 Å². The monoisotopic (exact) mass is 197 g/mol. The van der Waals surface area contributed by atoms with Crippen molar-refractivity contribution in [3.63, 3.8) is 0 Å². The van der Waals surface area contributed by atoms with Gasteiger partial charge in [-0.15, -0.1) is 0 Å². The van der Waals surface area contributed by atoms with Gasteiger partial charge < -0.3 is 4.90 Å². The quantitative estimate of drug-likeness (QED) is 0.666. The van der Waals surface area contributed by atoms with E-state index in [9.17, 15) is 0 Å². The summed E-state index contributed by atoms with van der Waals surface area (Å²) in [7, 11) is 0. The van der Waals surface area contributed by atoms with Gasteiger partial charge in [0.15, 0.2) is 0 Å². The van der Waals surface area contributed by atoms with Crippen LogP contribution in [0.25, 0.3) is 0 Å². The third-order valence-electron chi connectivity index (χ3n) is 3.80. The molecule has 0 saturated carbocycles. The standard InChI is InChI=1S/C13H27N/c1-5-13(3,4)8-10-14-9-6-7-12(2)11-14/h12H,5-11H2,1-4H3/t12-/m1/s1. The molecule has 0 aromatic carbocycles. The minimum atomic E-state index is 0.542. The first-order valence-corrected chi connectivity index (χ1v) is 6.26. The van der Waals surface area contributed by atoms with Gasteiger partial charge in [-0.1, -0.05) is 34.1 Å². The highest BCUT2D eigenvalue weighted by Gasteiger charge is 2.20. The van der Waals surface area contributed by atoms with Crippen molar-refractivity contribution < 1.29 is 0 Å². The van der Waals surface area contributed by atoms with Crippen molar-refractivity contribution in [2.75, 3.05) is 19.6 Å². The Bertz CT molecular complexity index is 163. The number of likely N-dealkylation sites (tertiary alicyclic amines) is 1. The zero-order chi connectivity index (χ0) is 10.6. The van der Waals surface area contributed by atoms with E-state index in [1.165, 1.54) is 45.3 Å². The van der Waals surface area contributed by atoms with Crippen LogP contribution in [0.1, 0.15) is 53.4 Å². The van der Waals surface area contributed by atoms with Crippen molar-refractivity contribution in [3.05, 3.63) is 0 Å². The van der Waals surface area contributed by atoms with Crippen molar-refractivity contribution in [1.82, 2.24) is 4.90 Å². The molecule has 1 rings (SSSR count). The lowest BCUT2D eigenvalue weighted by atomic mass is 9.86. The summed E-state index contributed by atoms with van der Waals surface area (Å²) >= 11 is 0. The fourth-order valence-electron chi connectivity index (χ4n) is 2.13. The number of hydrogen-bond acceptors (Lipinski definition) is 1. The van der Waals surface area contributed by atoms with E-state index in [0.717, 1.165) is 5.92 Å². The van der Waals surface area contributed by atoms with Gasteiger partial charge in [0.25, 0.3) is 0 Å². The van der Waals surface area contributed by atoms with Gasteiger partial charge >= 0.3 is 0 Å². The number of piperidine rings is 1. The second kappa shape index (κ2) is 5.16. The van der Waals surface area contributed by atoms with Crippen LogP contribution in [0.2, 0.25) is 0 Å². The Labute approximate surface area is 89.9 Å². The fraction of sp³-hybridized carbons (Fsp3) is 1.00. The van der Waals surface area contributed by atoms with Crippen LogP contribution in [-0.2, 0) is 0 Å². The first-order chi connectivity index (χ1) is 6.53. The summed E-state index contributed by atoms with van der Waals surface area (Å²) in [4.78, 5) is 2.66. The molecule has 1 fully saturated rings. The van der Waals surface area contributed by atoms with E-state index in [-0.39, 0.29) is 0 Å². The summed E-state index contributed by atoms with van der Waals surface area (Å²) in [6.45, 7) is 13.5. The van der Waals surface area contributed by atoms with Crippen molar-refractivity contribution >= 4 is 0 Å². The Balaban J connectivity index is 2.23. The van der Waals surface area contributed by atoms with Crippen LogP contribution in [0.4, 0.5) is 0 Å². The van der Waals surface area contributed by atoms with Crippen molar-refractivity contribution in [2.24, 2.45) is 11.3 Å². The molecule has 0 aromatic rings. The van der Waals surface area contributed by atoms with Crippen LogP contribution < -0.4 is 0 Å². The molecular weight excluding hydrogens is 170 g/mol. The van der Waals surface area contributed by atoms with E-state index in [2.05, 4.69) is 32.6 Å². The summed E-state index contributed by atoms with van der Waals surface area (Å²) in [5.41, 5.74) is 0.542. The average Bonchev–Trinajstić information content (AvgIpc) is 2.15. The van der Waals surface area contributed by atoms with Crippen LogP contribution in [-0.4, -0.2) is 24.5 Å². The van der Waals surface area contributed by atoms with Crippen molar-refractivity contribution in [3.8, 4) is 0 Å². The number of hydrogen-bond donors (Lipinski definition) is 0. The van der Waals surface area contributed by atoms with Gasteiger partial charge in [-0.25, -0.2) is 0 Å². The molecule has 14 heavy (non-hydrogen) atoms. The van der Waals surface area contributed by atoms with Crippen molar-refractivity contribution in [1.29, 1.82) is 0 Å². The van der Waals surface area contributed by atoms with E-state index in [1.54, 1.807) is 0 Å². The van der Waals surface area contributed by atoms with E-state index in [0.29, 0.717) is 5.41 Å². The topological polar surface area (TPSA) is 3.24 Å². The molecule has 1 heterocycles. The third kappa shape index (κ3) is 4.00. The summed E-state index contributed by atoms with van der Waals surface area (Å²) in [5.74, 6) is 0.925. The lowest BCUT2D eigenvalue weighted by Crippen LogP contribution is -2.36. The minimum Gasteiger partial charge on any atom is -0.303 e. The molecule has 84 valence electrons. The molecule has 0 amide bonds. The Morgan fingerprint density at radius 3 is 2.64 bits per heavy atom. The molecule has 1 aliphatic rings. The Hall–Kier alpha value is -0.0400. The summed E-state index contributed by atoms with van der Waals surface area (Å²) in [5, 5.41) is 0. The molecule has 0 aromatic heterocycles. The molecule has 1 heteroatoms. The van der Waals surface area contributed by atoms with E-state index < -0.39 is 0 Å². The number of rotatable bonds is 4. The molecule has 1 nitrogen and oxygen atoms in total. The highest BCUT2D eigenvalue weighted by atomic mass is 15.1. The molecule has 0 radical (unpaired) electrons. The summed E-state index contributed by atoms with van der Waals surface area (Å²) in [6, 6.07) is 0. The smallest absolute Gasteiger partial charge is 0.000703 e. The van der Waals surface area contributed by atoms with Gasteiger partial charge in [-0.05, 0) is 43.7 Å². The maximum Gasteiger partial charge on any atom is 0.000703 e. The molecule has 0 unspecified atom stereocenters. The maximum atomic E-state index is 2.66. The van der Waals surface area contributed by atoms with Gasteiger partial charge in [0, 0.05) is 6.54 Å². The Kier molecular flexibility index (Phi) is 4.43.